The number of anilines is 2. The van der Waals surface area contributed by atoms with Gasteiger partial charge >= 0.3 is 6.01 Å². The summed E-state index contributed by atoms with van der Waals surface area (Å²) in [5, 5.41) is 19.7. The Morgan fingerprint density at radius 1 is 1.18 bits per heavy atom. The van der Waals surface area contributed by atoms with Gasteiger partial charge in [0, 0.05) is 31.5 Å². The fourth-order valence-corrected chi connectivity index (χ4v) is 4.86. The molecule has 1 amide bonds. The summed E-state index contributed by atoms with van der Waals surface area (Å²) < 4.78 is 13.0. The summed E-state index contributed by atoms with van der Waals surface area (Å²) in [6.07, 6.45) is 7.30. The molecule has 33 heavy (non-hydrogen) atoms. The first-order chi connectivity index (χ1) is 15.8. The Balaban J connectivity index is 1.46. The summed E-state index contributed by atoms with van der Waals surface area (Å²) in [4.78, 5) is 12.2. The molecule has 10 heteroatoms. The average molecular weight is 454 g/mol. The zero-order valence-electron chi connectivity index (χ0n) is 19.3. The van der Waals surface area contributed by atoms with E-state index in [-0.39, 0.29) is 17.5 Å². The minimum Gasteiger partial charge on any atom is -0.403 e. The topological polar surface area (TPSA) is 133 Å². The number of primary amides is 1. The molecule has 176 valence electrons. The van der Waals surface area contributed by atoms with Crippen LogP contribution < -0.4 is 16.4 Å². The van der Waals surface area contributed by atoms with E-state index in [0.717, 1.165) is 50.0 Å². The van der Waals surface area contributed by atoms with Crippen molar-refractivity contribution in [2.45, 2.75) is 58.5 Å². The minimum atomic E-state index is -0.514. The molecule has 2 fully saturated rings. The second kappa shape index (κ2) is 8.33. The van der Waals surface area contributed by atoms with Crippen molar-refractivity contribution in [2.24, 2.45) is 17.1 Å². The van der Waals surface area contributed by atoms with Gasteiger partial charge in [-0.2, -0.15) is 5.10 Å². The van der Waals surface area contributed by atoms with Crippen LogP contribution in [0.25, 0.3) is 17.0 Å². The van der Waals surface area contributed by atoms with Gasteiger partial charge in [-0.25, -0.2) is 4.52 Å². The Kier molecular flexibility index (Phi) is 5.48. The Hall–Kier alpha value is -3.14. The molecule has 0 aromatic carbocycles. The summed E-state index contributed by atoms with van der Waals surface area (Å²) >= 11 is 0. The van der Waals surface area contributed by atoms with Crippen LogP contribution >= 0.6 is 0 Å². The molecule has 1 saturated carbocycles. The van der Waals surface area contributed by atoms with Gasteiger partial charge in [-0.05, 0) is 43.1 Å². The number of fused-ring (bicyclic) bond motifs is 1. The molecule has 5 rings (SSSR count). The Morgan fingerprint density at radius 2 is 1.97 bits per heavy atom. The highest BCUT2D eigenvalue weighted by Gasteiger charge is 2.41. The van der Waals surface area contributed by atoms with Crippen LogP contribution in [0.2, 0.25) is 0 Å². The van der Waals surface area contributed by atoms with E-state index in [2.05, 4.69) is 46.7 Å². The number of hydrogen-bond donors (Lipinski definition) is 3. The van der Waals surface area contributed by atoms with Gasteiger partial charge in [-0.15, -0.1) is 5.10 Å². The lowest BCUT2D eigenvalue weighted by molar-refractivity contribution is 0.0899. The summed E-state index contributed by atoms with van der Waals surface area (Å²) in [7, 11) is 0. The lowest BCUT2D eigenvalue weighted by Crippen LogP contribution is -2.35. The molecule has 0 spiro atoms. The second-order valence-corrected chi connectivity index (χ2v) is 9.80. The number of rotatable bonds is 6. The smallest absolute Gasteiger partial charge is 0.315 e. The normalized spacial score (nSPS) is 23.1. The molecule has 0 radical (unpaired) electrons. The third-order valence-corrected chi connectivity index (χ3v) is 7.50. The lowest BCUT2D eigenvalue weighted by Gasteiger charge is -2.33. The van der Waals surface area contributed by atoms with Crippen molar-refractivity contribution >= 4 is 23.1 Å². The van der Waals surface area contributed by atoms with Crippen molar-refractivity contribution in [1.29, 1.82) is 0 Å². The van der Waals surface area contributed by atoms with Crippen LogP contribution in [-0.4, -0.2) is 51.0 Å². The van der Waals surface area contributed by atoms with E-state index in [1.807, 2.05) is 12.3 Å². The molecule has 10 nitrogen and oxygen atoms in total. The first kappa shape index (κ1) is 21.7. The molecule has 3 aromatic rings. The van der Waals surface area contributed by atoms with E-state index in [0.29, 0.717) is 29.1 Å². The number of hydrogen-bond acceptors (Lipinski definition) is 8. The maximum absolute atomic E-state index is 12.2. The standard InChI is InChI=1S/C23H31N7O3/c1-13-4-5-18(23(13,2)3)27-19-16(20(24)31)11-25-30-12-14(10-17(19)30)21-28-29-22(33-21)26-15-6-8-32-9-7-15/h10-13,15,18,27H,4-9H2,1-3H3,(H2,24,31)(H,26,29)/t13-,18-/m1/s1. The Bertz CT molecular complexity index is 1160. The maximum atomic E-state index is 12.2. The number of aromatic nitrogens is 4. The molecule has 1 aliphatic heterocycles. The largest absolute Gasteiger partial charge is 0.403 e. The zero-order valence-corrected chi connectivity index (χ0v) is 19.3. The van der Waals surface area contributed by atoms with Crippen molar-refractivity contribution < 1.29 is 13.9 Å². The third-order valence-electron chi connectivity index (χ3n) is 7.50. The summed E-state index contributed by atoms with van der Waals surface area (Å²) in [5.74, 6) is 0.448. The molecule has 2 aliphatic rings. The number of carbonyl (C=O) groups excluding carboxylic acids is 1. The van der Waals surface area contributed by atoms with Gasteiger partial charge < -0.3 is 25.5 Å². The molecular weight excluding hydrogens is 422 g/mol. The highest BCUT2D eigenvalue weighted by Crippen LogP contribution is 2.44. The van der Waals surface area contributed by atoms with Crippen molar-refractivity contribution in [2.75, 3.05) is 23.8 Å². The molecule has 1 saturated heterocycles. The van der Waals surface area contributed by atoms with Crippen molar-refractivity contribution in [1.82, 2.24) is 19.8 Å². The van der Waals surface area contributed by atoms with Crippen LogP contribution in [-0.2, 0) is 4.74 Å². The monoisotopic (exact) mass is 453 g/mol. The molecule has 2 atom stereocenters. The molecule has 1 aliphatic carbocycles. The van der Waals surface area contributed by atoms with Crippen molar-refractivity contribution in [3.63, 3.8) is 0 Å². The van der Waals surface area contributed by atoms with Crippen LogP contribution in [0.15, 0.2) is 22.9 Å². The van der Waals surface area contributed by atoms with Gasteiger partial charge in [0.25, 0.3) is 11.8 Å². The number of nitrogens with two attached hydrogens (primary N) is 1. The lowest BCUT2D eigenvalue weighted by atomic mass is 9.80. The summed E-state index contributed by atoms with van der Waals surface area (Å²) in [6.45, 7) is 8.25. The molecule has 4 heterocycles. The van der Waals surface area contributed by atoms with Crippen LogP contribution in [0.5, 0.6) is 0 Å². The highest BCUT2D eigenvalue weighted by atomic mass is 16.5. The fraction of sp³-hybridized carbons (Fsp3) is 0.565. The van der Waals surface area contributed by atoms with Gasteiger partial charge in [0.1, 0.15) is 0 Å². The number of amides is 1. The number of carbonyl (C=O) groups is 1. The van der Waals surface area contributed by atoms with Crippen molar-refractivity contribution in [3.8, 4) is 11.5 Å². The predicted octanol–water partition coefficient (Wildman–Crippen LogP) is 3.31. The first-order valence-corrected chi connectivity index (χ1v) is 11.6. The quantitative estimate of drug-likeness (QED) is 0.518. The zero-order chi connectivity index (χ0) is 23.2. The van der Waals surface area contributed by atoms with E-state index in [9.17, 15) is 4.79 Å². The molecule has 0 unspecified atom stereocenters. The van der Waals surface area contributed by atoms with Crippen LogP contribution in [0, 0.1) is 11.3 Å². The number of ether oxygens (including phenoxy) is 1. The van der Waals surface area contributed by atoms with E-state index in [1.54, 1.807) is 4.52 Å². The van der Waals surface area contributed by atoms with Crippen LogP contribution in [0.3, 0.4) is 0 Å². The Morgan fingerprint density at radius 3 is 2.67 bits per heavy atom. The third kappa shape index (κ3) is 4.03. The van der Waals surface area contributed by atoms with Gasteiger partial charge in [-0.1, -0.05) is 25.9 Å². The second-order valence-electron chi connectivity index (χ2n) is 9.80. The summed E-state index contributed by atoms with van der Waals surface area (Å²) in [6, 6.07) is 2.76. The maximum Gasteiger partial charge on any atom is 0.315 e. The Labute approximate surface area is 192 Å². The minimum absolute atomic E-state index is 0.0851. The van der Waals surface area contributed by atoms with Gasteiger partial charge in [0.2, 0.25) is 0 Å². The predicted molar refractivity (Wildman–Crippen MR) is 124 cm³/mol. The molecule has 3 aromatic heterocycles. The first-order valence-electron chi connectivity index (χ1n) is 11.6. The highest BCUT2D eigenvalue weighted by molar-refractivity contribution is 6.02. The van der Waals surface area contributed by atoms with E-state index < -0.39 is 5.91 Å². The van der Waals surface area contributed by atoms with E-state index in [4.69, 9.17) is 14.9 Å². The average Bonchev–Trinajstić information content (AvgIpc) is 3.48. The SMILES string of the molecule is C[C@@H]1CC[C@@H](Nc2c(C(N)=O)cnn3cc(-c4nnc(NC5CCOCC5)o4)cc23)C1(C)C. The molecule has 4 N–H and O–H groups in total. The molecule has 0 bridgehead atoms. The van der Waals surface area contributed by atoms with E-state index >= 15 is 0 Å². The van der Waals surface area contributed by atoms with Crippen LogP contribution in [0.4, 0.5) is 11.7 Å². The summed E-state index contributed by atoms with van der Waals surface area (Å²) in [5.41, 5.74) is 8.31. The number of nitrogens with one attached hydrogen (secondary N) is 2. The molecular formula is C23H31N7O3. The number of nitrogens with zero attached hydrogens (tertiary/aromatic N) is 4. The van der Waals surface area contributed by atoms with Gasteiger partial charge in [0.15, 0.2) is 0 Å². The van der Waals surface area contributed by atoms with Crippen molar-refractivity contribution in [3.05, 3.63) is 24.0 Å². The van der Waals surface area contributed by atoms with E-state index in [1.165, 1.54) is 6.20 Å². The van der Waals surface area contributed by atoms with Gasteiger partial charge in [-0.3, -0.25) is 4.79 Å². The fourth-order valence-electron chi connectivity index (χ4n) is 4.86. The van der Waals surface area contributed by atoms with Gasteiger partial charge in [0.05, 0.1) is 28.5 Å². The van der Waals surface area contributed by atoms with Crippen LogP contribution in [0.1, 0.15) is 56.8 Å².